The van der Waals surface area contributed by atoms with Gasteiger partial charge in [0.25, 0.3) is 10.0 Å². The summed E-state index contributed by atoms with van der Waals surface area (Å²) in [5.74, 6) is -0.200. The third kappa shape index (κ3) is 3.36. The number of carbonyl (C=O) groups excluding carboxylic acids is 1. The Labute approximate surface area is 163 Å². The zero-order valence-corrected chi connectivity index (χ0v) is 16.1. The third-order valence-corrected chi connectivity index (χ3v) is 6.54. The summed E-state index contributed by atoms with van der Waals surface area (Å²) in [7, 11) is -3.66. The molecule has 1 amide bonds. The van der Waals surface area contributed by atoms with E-state index in [1.807, 2.05) is 30.3 Å². The molecule has 1 aromatic heterocycles. The van der Waals surface area contributed by atoms with Crippen molar-refractivity contribution in [1.82, 2.24) is 4.98 Å². The van der Waals surface area contributed by atoms with Crippen molar-refractivity contribution in [2.45, 2.75) is 18.2 Å². The number of hydrogen-bond donors (Lipinski definition) is 1. The number of pyridine rings is 1. The molecule has 0 spiro atoms. The molecule has 2 heterocycles. The molecule has 2 aromatic carbocycles. The van der Waals surface area contributed by atoms with Gasteiger partial charge in [0.1, 0.15) is 0 Å². The molecule has 0 unspecified atom stereocenters. The van der Waals surface area contributed by atoms with E-state index in [1.165, 1.54) is 23.4 Å². The minimum Gasteiger partial charge on any atom is -0.326 e. The lowest BCUT2D eigenvalue weighted by atomic mass is 10.0. The monoisotopic (exact) mass is 393 g/mol. The van der Waals surface area contributed by atoms with E-state index in [1.54, 1.807) is 24.5 Å². The van der Waals surface area contributed by atoms with Crippen LogP contribution < -0.4 is 9.62 Å². The standard InChI is InChI=1S/C21H19N3O3S/c1-15(25)23-19-3-5-20(6-4-19)28(26,27)24-13-10-18-14-17(2-7-21(18)24)16-8-11-22-12-9-16/h2-9,11-12,14H,10,13H2,1H3,(H,23,25). The van der Waals surface area contributed by atoms with Gasteiger partial charge in [-0.05, 0) is 71.6 Å². The number of rotatable bonds is 4. The van der Waals surface area contributed by atoms with Crippen LogP contribution in [0.2, 0.25) is 0 Å². The molecule has 1 aliphatic heterocycles. The summed E-state index contributed by atoms with van der Waals surface area (Å²) in [6.45, 7) is 1.82. The molecule has 0 atom stereocenters. The summed E-state index contributed by atoms with van der Waals surface area (Å²) in [6.07, 6.45) is 4.14. The first-order chi connectivity index (χ1) is 13.4. The number of amides is 1. The normalized spacial score (nSPS) is 13.2. The highest BCUT2D eigenvalue weighted by atomic mass is 32.2. The Hall–Kier alpha value is -3.19. The number of sulfonamides is 1. The Morgan fingerprint density at radius 2 is 1.71 bits per heavy atom. The van der Waals surface area contributed by atoms with Gasteiger partial charge in [-0.25, -0.2) is 8.42 Å². The van der Waals surface area contributed by atoms with E-state index in [9.17, 15) is 13.2 Å². The number of nitrogens with one attached hydrogen (secondary N) is 1. The van der Waals surface area contributed by atoms with Crippen LogP contribution >= 0.6 is 0 Å². The highest BCUT2D eigenvalue weighted by Gasteiger charge is 2.31. The first-order valence-corrected chi connectivity index (χ1v) is 10.3. The molecule has 4 rings (SSSR count). The summed E-state index contributed by atoms with van der Waals surface area (Å²) in [4.78, 5) is 15.4. The summed E-state index contributed by atoms with van der Waals surface area (Å²) < 4.78 is 27.7. The lowest BCUT2D eigenvalue weighted by molar-refractivity contribution is -0.114. The largest absolute Gasteiger partial charge is 0.326 e. The Morgan fingerprint density at radius 1 is 1.00 bits per heavy atom. The van der Waals surface area contributed by atoms with E-state index in [0.29, 0.717) is 24.3 Å². The molecule has 1 aliphatic rings. The van der Waals surface area contributed by atoms with Crippen LogP contribution in [0.15, 0.2) is 71.9 Å². The zero-order chi connectivity index (χ0) is 19.7. The summed E-state index contributed by atoms with van der Waals surface area (Å²) in [6, 6.07) is 15.9. The first kappa shape index (κ1) is 18.2. The molecule has 1 N–H and O–H groups in total. The quantitative estimate of drug-likeness (QED) is 0.736. The van der Waals surface area contributed by atoms with Gasteiger partial charge in [0.2, 0.25) is 5.91 Å². The van der Waals surface area contributed by atoms with Gasteiger partial charge in [0.15, 0.2) is 0 Å². The van der Waals surface area contributed by atoms with E-state index >= 15 is 0 Å². The number of nitrogens with zero attached hydrogens (tertiary/aromatic N) is 2. The molecule has 0 bridgehead atoms. The second-order valence-electron chi connectivity index (χ2n) is 6.61. The topological polar surface area (TPSA) is 79.4 Å². The Kier molecular flexibility index (Phi) is 4.60. The molecule has 28 heavy (non-hydrogen) atoms. The highest BCUT2D eigenvalue weighted by Crippen LogP contribution is 2.35. The first-order valence-electron chi connectivity index (χ1n) is 8.89. The van der Waals surface area contributed by atoms with Crippen molar-refractivity contribution >= 4 is 27.3 Å². The van der Waals surface area contributed by atoms with E-state index in [-0.39, 0.29) is 10.8 Å². The van der Waals surface area contributed by atoms with Crippen molar-refractivity contribution in [3.63, 3.8) is 0 Å². The maximum atomic E-state index is 13.1. The van der Waals surface area contributed by atoms with Crippen molar-refractivity contribution in [3.05, 3.63) is 72.6 Å². The van der Waals surface area contributed by atoms with Gasteiger partial charge in [-0.15, -0.1) is 0 Å². The molecule has 7 heteroatoms. The van der Waals surface area contributed by atoms with Crippen LogP contribution in [0.3, 0.4) is 0 Å². The fourth-order valence-corrected chi connectivity index (χ4v) is 4.89. The van der Waals surface area contributed by atoms with Crippen LogP contribution in [0.5, 0.6) is 0 Å². The Balaban J connectivity index is 1.64. The Morgan fingerprint density at radius 3 is 2.39 bits per heavy atom. The molecule has 6 nitrogen and oxygen atoms in total. The third-order valence-electron chi connectivity index (χ3n) is 4.71. The predicted molar refractivity (Wildman–Crippen MR) is 109 cm³/mol. The van der Waals surface area contributed by atoms with Gasteiger partial charge in [-0.1, -0.05) is 6.07 Å². The van der Waals surface area contributed by atoms with E-state index in [4.69, 9.17) is 0 Å². The second kappa shape index (κ2) is 7.09. The van der Waals surface area contributed by atoms with Crippen molar-refractivity contribution in [2.75, 3.05) is 16.2 Å². The second-order valence-corrected chi connectivity index (χ2v) is 8.47. The van der Waals surface area contributed by atoms with Gasteiger partial charge in [-0.3, -0.25) is 14.1 Å². The van der Waals surface area contributed by atoms with E-state index in [2.05, 4.69) is 10.3 Å². The summed E-state index contributed by atoms with van der Waals surface area (Å²) in [5.41, 5.74) is 4.37. The van der Waals surface area contributed by atoms with Gasteiger partial charge in [-0.2, -0.15) is 0 Å². The number of fused-ring (bicyclic) bond motifs is 1. The molecule has 0 radical (unpaired) electrons. The minimum atomic E-state index is -3.66. The maximum absolute atomic E-state index is 13.1. The van der Waals surface area contributed by atoms with Crippen LogP contribution in [0, 0.1) is 0 Å². The van der Waals surface area contributed by atoms with Crippen LogP contribution in [0.25, 0.3) is 11.1 Å². The molecule has 0 fully saturated rings. The zero-order valence-electron chi connectivity index (χ0n) is 15.3. The average molecular weight is 393 g/mol. The molecule has 0 saturated carbocycles. The lowest BCUT2D eigenvalue weighted by Crippen LogP contribution is -2.29. The molecule has 0 saturated heterocycles. The van der Waals surface area contributed by atoms with E-state index < -0.39 is 10.0 Å². The van der Waals surface area contributed by atoms with Crippen LogP contribution in [0.1, 0.15) is 12.5 Å². The van der Waals surface area contributed by atoms with E-state index in [0.717, 1.165) is 16.7 Å². The van der Waals surface area contributed by atoms with Gasteiger partial charge in [0.05, 0.1) is 10.6 Å². The van der Waals surface area contributed by atoms with Crippen molar-refractivity contribution in [3.8, 4) is 11.1 Å². The SMILES string of the molecule is CC(=O)Nc1ccc(S(=O)(=O)N2CCc3cc(-c4ccncc4)ccc32)cc1. The summed E-state index contributed by atoms with van der Waals surface area (Å²) >= 11 is 0. The highest BCUT2D eigenvalue weighted by molar-refractivity contribution is 7.92. The van der Waals surface area contributed by atoms with Gasteiger partial charge in [0, 0.05) is 31.5 Å². The maximum Gasteiger partial charge on any atom is 0.264 e. The average Bonchev–Trinajstić information content (AvgIpc) is 3.13. The molecular weight excluding hydrogens is 374 g/mol. The predicted octanol–water partition coefficient (Wildman–Crippen LogP) is 3.46. The van der Waals surface area contributed by atoms with Crippen LogP contribution in [-0.2, 0) is 21.2 Å². The van der Waals surface area contributed by atoms with Crippen molar-refractivity contribution < 1.29 is 13.2 Å². The smallest absolute Gasteiger partial charge is 0.264 e. The lowest BCUT2D eigenvalue weighted by Gasteiger charge is -2.20. The minimum absolute atomic E-state index is 0.200. The van der Waals surface area contributed by atoms with Crippen LogP contribution in [-0.4, -0.2) is 25.9 Å². The summed E-state index contributed by atoms with van der Waals surface area (Å²) in [5, 5.41) is 2.64. The van der Waals surface area contributed by atoms with Gasteiger partial charge < -0.3 is 5.32 Å². The Bertz CT molecular complexity index is 1130. The number of benzene rings is 2. The molecule has 0 aliphatic carbocycles. The number of anilines is 2. The number of aromatic nitrogens is 1. The van der Waals surface area contributed by atoms with Crippen molar-refractivity contribution in [2.24, 2.45) is 0 Å². The van der Waals surface area contributed by atoms with Crippen molar-refractivity contribution in [1.29, 1.82) is 0 Å². The number of hydrogen-bond acceptors (Lipinski definition) is 4. The fraction of sp³-hybridized carbons (Fsp3) is 0.143. The number of carbonyl (C=O) groups is 1. The molecule has 3 aromatic rings. The van der Waals surface area contributed by atoms with Crippen LogP contribution in [0.4, 0.5) is 11.4 Å². The molecular formula is C21H19N3O3S. The van der Waals surface area contributed by atoms with Gasteiger partial charge >= 0.3 is 0 Å². The molecule has 142 valence electrons. The fourth-order valence-electron chi connectivity index (χ4n) is 3.39.